The first kappa shape index (κ1) is 21.2. The van der Waals surface area contributed by atoms with E-state index >= 15 is 0 Å². The fourth-order valence-electron chi connectivity index (χ4n) is 4.04. The Bertz CT molecular complexity index is 652. The molecule has 0 amide bonds. The molecule has 6 nitrogen and oxygen atoms in total. The summed E-state index contributed by atoms with van der Waals surface area (Å²) < 4.78 is 5.77. The number of rotatable bonds is 5. The van der Waals surface area contributed by atoms with Gasteiger partial charge in [-0.05, 0) is 38.9 Å². The summed E-state index contributed by atoms with van der Waals surface area (Å²) in [5.74, 6) is 0.944. The number of ether oxygens (including phenoxy) is 1. The molecule has 1 aromatic carbocycles. The fraction of sp³-hybridized carbons (Fsp3) is 0.667. The van der Waals surface area contributed by atoms with Crippen molar-refractivity contribution >= 4 is 23.2 Å². The number of benzene rings is 1. The molecule has 7 heteroatoms. The third-order valence-corrected chi connectivity index (χ3v) is 6.07. The van der Waals surface area contributed by atoms with Gasteiger partial charge in [-0.3, -0.25) is 4.99 Å². The Labute approximate surface area is 174 Å². The number of nitrogens with zero attached hydrogens (tertiary/aromatic N) is 4. The van der Waals surface area contributed by atoms with Crippen molar-refractivity contribution < 1.29 is 4.74 Å². The quantitative estimate of drug-likeness (QED) is 0.600. The average Bonchev–Trinajstić information content (AvgIpc) is 2.71. The Hall–Kier alpha value is -1.50. The van der Waals surface area contributed by atoms with Gasteiger partial charge in [0.1, 0.15) is 0 Å². The van der Waals surface area contributed by atoms with Crippen molar-refractivity contribution in [1.29, 1.82) is 0 Å². The minimum Gasteiger partial charge on any atom is -0.378 e. The van der Waals surface area contributed by atoms with Crippen molar-refractivity contribution in [2.45, 2.75) is 32.4 Å². The highest BCUT2D eigenvalue weighted by atomic mass is 35.5. The van der Waals surface area contributed by atoms with Crippen molar-refractivity contribution in [2.75, 3.05) is 64.9 Å². The summed E-state index contributed by atoms with van der Waals surface area (Å²) >= 11 is 6.60. The third-order valence-electron chi connectivity index (χ3n) is 5.72. The predicted molar refractivity (Wildman–Crippen MR) is 118 cm³/mol. The van der Waals surface area contributed by atoms with Crippen molar-refractivity contribution in [3.05, 3.63) is 28.8 Å². The molecule has 156 valence electrons. The highest BCUT2D eigenvalue weighted by molar-refractivity contribution is 6.31. The highest BCUT2D eigenvalue weighted by Crippen LogP contribution is 2.28. The fourth-order valence-corrected chi connectivity index (χ4v) is 4.27. The zero-order chi connectivity index (χ0) is 19.9. The van der Waals surface area contributed by atoms with Crippen LogP contribution in [0.1, 0.15) is 25.3 Å². The summed E-state index contributed by atoms with van der Waals surface area (Å²) in [6.07, 6.45) is 2.48. The standard InChI is InChI=1S/C21H34ClN5O/c1-4-28-17-8-10-27(11-9-17)21(23-2)24-16-18-19(22)6-5-7-20(18)26-14-12-25(3)13-15-26/h5-7,17H,4,8-16H2,1-3H3,(H,23,24). The van der Waals surface area contributed by atoms with Gasteiger partial charge in [0.15, 0.2) is 5.96 Å². The van der Waals surface area contributed by atoms with Crippen LogP contribution in [0.4, 0.5) is 5.69 Å². The lowest BCUT2D eigenvalue weighted by molar-refractivity contribution is 0.0263. The molecule has 2 saturated heterocycles. The van der Waals surface area contributed by atoms with Crippen molar-refractivity contribution in [1.82, 2.24) is 15.1 Å². The molecule has 3 rings (SSSR count). The first-order valence-corrected chi connectivity index (χ1v) is 10.8. The first-order chi connectivity index (χ1) is 13.6. The Morgan fingerprint density at radius 3 is 2.54 bits per heavy atom. The molecule has 0 aliphatic carbocycles. The first-order valence-electron chi connectivity index (χ1n) is 10.4. The van der Waals surface area contributed by atoms with Gasteiger partial charge in [0.05, 0.1) is 6.10 Å². The van der Waals surface area contributed by atoms with Gasteiger partial charge < -0.3 is 24.8 Å². The summed E-state index contributed by atoms with van der Waals surface area (Å²) in [6.45, 7) is 9.70. The number of anilines is 1. The Kier molecular flexibility index (Phi) is 7.82. The molecule has 0 atom stereocenters. The number of guanidine groups is 1. The Morgan fingerprint density at radius 2 is 1.89 bits per heavy atom. The monoisotopic (exact) mass is 407 g/mol. The lowest BCUT2D eigenvalue weighted by Gasteiger charge is -2.36. The molecular formula is C21H34ClN5O. The van der Waals surface area contributed by atoms with Gasteiger partial charge in [-0.25, -0.2) is 0 Å². The van der Waals surface area contributed by atoms with Gasteiger partial charge in [0, 0.05) is 75.7 Å². The Morgan fingerprint density at radius 1 is 1.18 bits per heavy atom. The van der Waals surface area contributed by atoms with E-state index in [0.717, 1.165) is 75.3 Å². The summed E-state index contributed by atoms with van der Waals surface area (Å²) in [5, 5.41) is 4.36. The molecule has 2 aliphatic rings. The maximum atomic E-state index is 6.60. The second-order valence-electron chi connectivity index (χ2n) is 7.57. The summed E-state index contributed by atoms with van der Waals surface area (Å²) in [7, 11) is 4.03. The summed E-state index contributed by atoms with van der Waals surface area (Å²) in [4.78, 5) is 11.6. The summed E-state index contributed by atoms with van der Waals surface area (Å²) in [6, 6.07) is 6.21. The van der Waals surface area contributed by atoms with Crippen LogP contribution in [-0.2, 0) is 11.3 Å². The van der Waals surface area contributed by atoms with E-state index in [1.165, 1.54) is 5.69 Å². The number of halogens is 1. The molecule has 0 unspecified atom stereocenters. The number of likely N-dealkylation sites (tertiary alicyclic amines) is 1. The smallest absolute Gasteiger partial charge is 0.193 e. The SMILES string of the molecule is CCOC1CCN(C(=NC)NCc2c(Cl)cccc2N2CCN(C)CC2)CC1. The van der Waals surface area contributed by atoms with Crippen molar-refractivity contribution in [3.8, 4) is 0 Å². The van der Waals surface area contributed by atoms with Gasteiger partial charge in [-0.2, -0.15) is 0 Å². The minimum atomic E-state index is 0.381. The number of piperidine rings is 1. The van der Waals surface area contributed by atoms with Crippen LogP contribution >= 0.6 is 11.6 Å². The highest BCUT2D eigenvalue weighted by Gasteiger charge is 2.23. The number of nitrogens with one attached hydrogen (secondary N) is 1. The van der Waals surface area contributed by atoms with E-state index in [4.69, 9.17) is 16.3 Å². The molecule has 0 bridgehead atoms. The molecule has 1 N–H and O–H groups in total. The van der Waals surface area contributed by atoms with Gasteiger partial charge in [0.25, 0.3) is 0 Å². The van der Waals surface area contributed by atoms with E-state index in [2.05, 4.69) is 45.0 Å². The van der Waals surface area contributed by atoms with Crippen LogP contribution in [0, 0.1) is 0 Å². The molecule has 1 aromatic rings. The van der Waals surface area contributed by atoms with Crippen LogP contribution in [0.25, 0.3) is 0 Å². The normalized spacial score (nSPS) is 19.9. The predicted octanol–water partition coefficient (Wildman–Crippen LogP) is 2.67. The van der Waals surface area contributed by atoms with Crippen molar-refractivity contribution in [3.63, 3.8) is 0 Å². The molecule has 0 spiro atoms. The molecular weight excluding hydrogens is 374 g/mol. The van der Waals surface area contributed by atoms with E-state index in [1.54, 1.807) is 0 Å². The maximum absolute atomic E-state index is 6.60. The molecule has 0 saturated carbocycles. The number of likely N-dealkylation sites (N-methyl/N-ethyl adjacent to an activating group) is 1. The van der Waals surface area contributed by atoms with Crippen LogP contribution in [0.5, 0.6) is 0 Å². The second kappa shape index (κ2) is 10.3. The maximum Gasteiger partial charge on any atom is 0.193 e. The van der Waals surface area contributed by atoms with Crippen LogP contribution in [0.2, 0.25) is 5.02 Å². The molecule has 2 heterocycles. The van der Waals surface area contributed by atoms with Crippen LogP contribution in [0.15, 0.2) is 23.2 Å². The van der Waals surface area contributed by atoms with E-state index < -0.39 is 0 Å². The van der Waals surface area contributed by atoms with Crippen LogP contribution in [-0.4, -0.2) is 81.8 Å². The van der Waals surface area contributed by atoms with E-state index in [1.807, 2.05) is 19.2 Å². The van der Waals surface area contributed by atoms with Gasteiger partial charge in [-0.15, -0.1) is 0 Å². The van der Waals surface area contributed by atoms with Crippen LogP contribution in [0.3, 0.4) is 0 Å². The molecule has 28 heavy (non-hydrogen) atoms. The third kappa shape index (κ3) is 5.31. The lowest BCUT2D eigenvalue weighted by Crippen LogP contribution is -2.47. The zero-order valence-electron chi connectivity index (χ0n) is 17.5. The van der Waals surface area contributed by atoms with E-state index in [-0.39, 0.29) is 0 Å². The number of hydrogen-bond donors (Lipinski definition) is 1. The van der Waals surface area contributed by atoms with Gasteiger partial charge in [-0.1, -0.05) is 17.7 Å². The average molecular weight is 408 g/mol. The lowest BCUT2D eigenvalue weighted by atomic mass is 10.1. The van der Waals surface area contributed by atoms with E-state index in [0.29, 0.717) is 12.6 Å². The molecule has 0 aromatic heterocycles. The topological polar surface area (TPSA) is 43.3 Å². The molecule has 2 aliphatic heterocycles. The Balaban J connectivity index is 1.63. The summed E-state index contributed by atoms with van der Waals surface area (Å²) in [5.41, 5.74) is 2.39. The molecule has 2 fully saturated rings. The largest absolute Gasteiger partial charge is 0.378 e. The van der Waals surface area contributed by atoms with Gasteiger partial charge in [0.2, 0.25) is 0 Å². The second-order valence-corrected chi connectivity index (χ2v) is 7.98. The molecule has 0 radical (unpaired) electrons. The number of hydrogen-bond acceptors (Lipinski definition) is 4. The van der Waals surface area contributed by atoms with Crippen molar-refractivity contribution in [2.24, 2.45) is 4.99 Å². The minimum absolute atomic E-state index is 0.381. The number of piperazine rings is 1. The van der Waals surface area contributed by atoms with E-state index in [9.17, 15) is 0 Å². The van der Waals surface area contributed by atoms with Crippen LogP contribution < -0.4 is 10.2 Å². The zero-order valence-corrected chi connectivity index (χ0v) is 18.2. The van der Waals surface area contributed by atoms with Gasteiger partial charge >= 0.3 is 0 Å². The number of aliphatic imine (C=N–C) groups is 1.